The van der Waals surface area contributed by atoms with Gasteiger partial charge >= 0.3 is 0 Å². The number of carbonyl (C=O) groups is 1. The highest BCUT2D eigenvalue weighted by Gasteiger charge is 2.19. The van der Waals surface area contributed by atoms with Crippen molar-refractivity contribution in [3.63, 3.8) is 0 Å². The van der Waals surface area contributed by atoms with Gasteiger partial charge in [0.1, 0.15) is 5.01 Å². The lowest BCUT2D eigenvalue weighted by molar-refractivity contribution is -0.115. The number of halogens is 1. The predicted molar refractivity (Wildman–Crippen MR) is 89.6 cm³/mol. The van der Waals surface area contributed by atoms with Gasteiger partial charge in [-0.1, -0.05) is 53.3 Å². The Morgan fingerprint density at radius 3 is 2.36 bits per heavy atom. The summed E-state index contributed by atoms with van der Waals surface area (Å²) in [5, 5.41) is 10.3. The van der Waals surface area contributed by atoms with Crippen molar-refractivity contribution >= 4 is 39.7 Å². The number of hydrogen-bond acceptors (Lipinski definition) is 4. The molecule has 0 saturated heterocycles. The van der Waals surface area contributed by atoms with Crippen molar-refractivity contribution in [2.24, 2.45) is 0 Å². The zero-order chi connectivity index (χ0) is 15.5. The summed E-state index contributed by atoms with van der Waals surface area (Å²) in [5.41, 5.74) is 1.69. The Morgan fingerprint density at radius 2 is 1.73 bits per heavy atom. The monoisotopic (exact) mass is 329 g/mol. The molecule has 0 bridgehead atoms. The summed E-state index contributed by atoms with van der Waals surface area (Å²) in [6.45, 7) is 1.50. The standard InChI is InChI=1S/C16H12ClN3OS/c1-11(21)20(14-9-7-13(17)8-10-14)16-19-18-15(22-16)12-5-3-2-4-6-12/h2-10H,1H3. The van der Waals surface area contributed by atoms with Crippen LogP contribution in [-0.2, 0) is 4.79 Å². The first-order chi connectivity index (χ1) is 10.6. The van der Waals surface area contributed by atoms with Gasteiger partial charge in [-0.05, 0) is 24.3 Å². The van der Waals surface area contributed by atoms with Gasteiger partial charge in [0.25, 0.3) is 0 Å². The van der Waals surface area contributed by atoms with Gasteiger partial charge in [0.15, 0.2) is 0 Å². The van der Waals surface area contributed by atoms with E-state index in [-0.39, 0.29) is 5.91 Å². The molecule has 1 aromatic heterocycles. The summed E-state index contributed by atoms with van der Waals surface area (Å²) in [4.78, 5) is 13.5. The fourth-order valence-corrected chi connectivity index (χ4v) is 3.06. The summed E-state index contributed by atoms with van der Waals surface area (Å²) in [6, 6.07) is 16.8. The molecule has 1 amide bonds. The molecular formula is C16H12ClN3OS. The van der Waals surface area contributed by atoms with E-state index in [4.69, 9.17) is 11.6 Å². The van der Waals surface area contributed by atoms with Crippen molar-refractivity contribution in [2.75, 3.05) is 4.90 Å². The summed E-state index contributed by atoms with van der Waals surface area (Å²) < 4.78 is 0. The van der Waals surface area contributed by atoms with Crippen molar-refractivity contribution in [1.29, 1.82) is 0 Å². The molecule has 0 saturated carbocycles. The number of amides is 1. The van der Waals surface area contributed by atoms with Gasteiger partial charge in [0.05, 0.1) is 5.69 Å². The Morgan fingerprint density at radius 1 is 1.05 bits per heavy atom. The molecule has 0 aliphatic rings. The normalized spacial score (nSPS) is 10.5. The minimum absolute atomic E-state index is 0.127. The molecule has 6 heteroatoms. The Balaban J connectivity index is 1.98. The van der Waals surface area contributed by atoms with E-state index in [1.165, 1.54) is 23.2 Å². The maximum Gasteiger partial charge on any atom is 0.230 e. The molecule has 3 aromatic rings. The van der Waals surface area contributed by atoms with Gasteiger partial charge in [0.2, 0.25) is 11.0 Å². The molecule has 22 heavy (non-hydrogen) atoms. The summed E-state index contributed by atoms with van der Waals surface area (Å²) >= 11 is 7.27. The van der Waals surface area contributed by atoms with Crippen LogP contribution in [0.5, 0.6) is 0 Å². The fourth-order valence-electron chi connectivity index (χ4n) is 2.02. The SMILES string of the molecule is CC(=O)N(c1ccc(Cl)cc1)c1nnc(-c2ccccc2)s1. The molecule has 0 spiro atoms. The Hall–Kier alpha value is -2.24. The van der Waals surface area contributed by atoms with Gasteiger partial charge < -0.3 is 0 Å². The molecule has 110 valence electrons. The second kappa shape index (κ2) is 6.25. The van der Waals surface area contributed by atoms with Crippen molar-refractivity contribution in [1.82, 2.24) is 10.2 Å². The van der Waals surface area contributed by atoms with Crippen molar-refractivity contribution in [3.8, 4) is 10.6 Å². The van der Waals surface area contributed by atoms with E-state index in [9.17, 15) is 4.79 Å². The maximum absolute atomic E-state index is 12.0. The molecule has 0 radical (unpaired) electrons. The first-order valence-electron chi connectivity index (χ1n) is 6.60. The smallest absolute Gasteiger partial charge is 0.230 e. The number of benzene rings is 2. The van der Waals surface area contributed by atoms with Crippen LogP contribution in [0.4, 0.5) is 10.8 Å². The highest BCUT2D eigenvalue weighted by molar-refractivity contribution is 7.18. The van der Waals surface area contributed by atoms with Crippen molar-refractivity contribution in [2.45, 2.75) is 6.92 Å². The molecule has 3 rings (SSSR count). The molecule has 0 fully saturated rings. The van der Waals surface area contributed by atoms with Crippen LogP contribution in [-0.4, -0.2) is 16.1 Å². The van der Waals surface area contributed by atoms with Gasteiger partial charge in [-0.3, -0.25) is 9.69 Å². The van der Waals surface area contributed by atoms with Crippen LogP contribution < -0.4 is 4.90 Å². The second-order valence-electron chi connectivity index (χ2n) is 4.59. The predicted octanol–water partition coefficient (Wildman–Crippen LogP) is 4.54. The lowest BCUT2D eigenvalue weighted by Crippen LogP contribution is -2.22. The van der Waals surface area contributed by atoms with E-state index < -0.39 is 0 Å². The largest absolute Gasteiger partial charge is 0.274 e. The van der Waals surface area contributed by atoms with E-state index in [1.54, 1.807) is 24.3 Å². The van der Waals surface area contributed by atoms with Crippen LogP contribution in [0.15, 0.2) is 54.6 Å². The third-order valence-corrected chi connectivity index (χ3v) is 4.24. The molecule has 0 atom stereocenters. The molecular weight excluding hydrogens is 318 g/mol. The Bertz CT molecular complexity index is 787. The number of aromatic nitrogens is 2. The molecule has 0 aliphatic heterocycles. The van der Waals surface area contributed by atoms with E-state index in [2.05, 4.69) is 10.2 Å². The third kappa shape index (κ3) is 3.00. The summed E-state index contributed by atoms with van der Waals surface area (Å²) in [7, 11) is 0. The van der Waals surface area contributed by atoms with Gasteiger partial charge in [-0.25, -0.2) is 0 Å². The molecule has 0 aliphatic carbocycles. The lowest BCUT2D eigenvalue weighted by atomic mass is 10.2. The van der Waals surface area contributed by atoms with Gasteiger partial charge in [-0.15, -0.1) is 10.2 Å². The quantitative estimate of drug-likeness (QED) is 0.708. The molecule has 4 nitrogen and oxygen atoms in total. The van der Waals surface area contributed by atoms with Gasteiger partial charge in [-0.2, -0.15) is 0 Å². The second-order valence-corrected chi connectivity index (χ2v) is 5.98. The van der Waals surface area contributed by atoms with Crippen molar-refractivity contribution in [3.05, 3.63) is 59.6 Å². The number of rotatable bonds is 3. The van der Waals surface area contributed by atoms with Crippen LogP contribution in [0.25, 0.3) is 10.6 Å². The van der Waals surface area contributed by atoms with Crippen molar-refractivity contribution < 1.29 is 4.79 Å². The number of carbonyl (C=O) groups excluding carboxylic acids is 1. The zero-order valence-electron chi connectivity index (χ0n) is 11.7. The zero-order valence-corrected chi connectivity index (χ0v) is 13.3. The number of anilines is 2. The average molecular weight is 330 g/mol. The van der Waals surface area contributed by atoms with Crippen LogP contribution in [0.3, 0.4) is 0 Å². The molecule has 2 aromatic carbocycles. The Kier molecular flexibility index (Phi) is 4.18. The van der Waals surface area contributed by atoms with Crippen LogP contribution in [0.2, 0.25) is 5.02 Å². The molecule has 0 N–H and O–H groups in total. The van der Waals surface area contributed by atoms with E-state index in [0.29, 0.717) is 15.8 Å². The van der Waals surface area contributed by atoms with Crippen LogP contribution in [0.1, 0.15) is 6.92 Å². The Labute approximate surface area is 137 Å². The lowest BCUT2D eigenvalue weighted by Gasteiger charge is -2.17. The highest BCUT2D eigenvalue weighted by Crippen LogP contribution is 2.33. The first kappa shape index (κ1) is 14.7. The maximum atomic E-state index is 12.0. The topological polar surface area (TPSA) is 46.1 Å². The van der Waals surface area contributed by atoms with Crippen LogP contribution >= 0.6 is 22.9 Å². The van der Waals surface area contributed by atoms with E-state index >= 15 is 0 Å². The van der Waals surface area contributed by atoms with E-state index in [1.807, 2.05) is 30.3 Å². The minimum Gasteiger partial charge on any atom is -0.274 e. The minimum atomic E-state index is -0.127. The summed E-state index contributed by atoms with van der Waals surface area (Å²) in [6.07, 6.45) is 0. The van der Waals surface area contributed by atoms with Gasteiger partial charge in [0, 0.05) is 17.5 Å². The van der Waals surface area contributed by atoms with Crippen LogP contribution in [0, 0.1) is 0 Å². The first-order valence-corrected chi connectivity index (χ1v) is 7.80. The summed E-state index contributed by atoms with van der Waals surface area (Å²) in [5.74, 6) is -0.127. The third-order valence-electron chi connectivity index (χ3n) is 3.03. The molecule has 1 heterocycles. The number of nitrogens with zero attached hydrogens (tertiary/aromatic N) is 3. The van der Waals surface area contributed by atoms with E-state index in [0.717, 1.165) is 10.6 Å². The number of hydrogen-bond donors (Lipinski definition) is 0. The molecule has 0 unspecified atom stereocenters. The fraction of sp³-hybridized carbons (Fsp3) is 0.0625. The average Bonchev–Trinajstić information content (AvgIpc) is 2.99. The highest BCUT2D eigenvalue weighted by atomic mass is 35.5.